The van der Waals surface area contributed by atoms with Crippen LogP contribution in [0.25, 0.3) is 0 Å². The van der Waals surface area contributed by atoms with Crippen LogP contribution in [-0.4, -0.2) is 30.9 Å². The Hall–Kier alpha value is -1.30. The highest BCUT2D eigenvalue weighted by Gasteiger charge is 2.28. The summed E-state index contributed by atoms with van der Waals surface area (Å²) in [5.74, 6) is 0.476. The Kier molecular flexibility index (Phi) is 5.41. The number of sulfonamides is 1. The summed E-state index contributed by atoms with van der Waals surface area (Å²) in [7, 11) is -3.19. The van der Waals surface area contributed by atoms with Crippen molar-refractivity contribution >= 4 is 21.8 Å². The molecule has 3 nitrogen and oxygen atoms in total. The van der Waals surface area contributed by atoms with Crippen LogP contribution in [0.5, 0.6) is 0 Å². The minimum Gasteiger partial charge on any atom is -0.211 e. The van der Waals surface area contributed by atoms with Gasteiger partial charge in [0.1, 0.15) is 5.08 Å². The smallest absolute Gasteiger partial charge is 0.211 e. The molecule has 0 spiro atoms. The Morgan fingerprint density at radius 3 is 2.09 bits per heavy atom. The third-order valence-electron chi connectivity index (χ3n) is 4.24. The van der Waals surface area contributed by atoms with Gasteiger partial charge in [0.2, 0.25) is 10.0 Å². The summed E-state index contributed by atoms with van der Waals surface area (Å²) in [6.45, 7) is 1.24. The van der Waals surface area contributed by atoms with Crippen molar-refractivity contribution in [2.45, 2.75) is 23.7 Å². The highest BCUT2D eigenvalue weighted by atomic mass is 32.3. The first-order chi connectivity index (χ1) is 11.1. The molecule has 23 heavy (non-hydrogen) atoms. The van der Waals surface area contributed by atoms with E-state index in [9.17, 15) is 8.42 Å². The molecule has 5 heteroatoms. The van der Waals surface area contributed by atoms with E-state index in [2.05, 4.69) is 24.3 Å². The first-order valence-electron chi connectivity index (χ1n) is 7.86. The van der Waals surface area contributed by atoms with Crippen molar-refractivity contribution in [3.8, 4) is 0 Å². The van der Waals surface area contributed by atoms with E-state index >= 15 is 0 Å². The van der Waals surface area contributed by atoms with Gasteiger partial charge in [-0.2, -0.15) is 0 Å². The molecule has 0 bridgehead atoms. The fourth-order valence-corrected chi connectivity index (χ4v) is 5.78. The molecular formula is C18H21NO2S2. The average Bonchev–Trinajstić information content (AvgIpc) is 2.62. The average molecular weight is 348 g/mol. The number of benzene rings is 2. The molecule has 0 aromatic heterocycles. The minimum atomic E-state index is -3.19. The molecule has 1 fully saturated rings. The van der Waals surface area contributed by atoms with Gasteiger partial charge < -0.3 is 0 Å². The maximum atomic E-state index is 12.5. The normalized spacial score (nSPS) is 17.2. The van der Waals surface area contributed by atoms with Gasteiger partial charge in [0, 0.05) is 18.0 Å². The van der Waals surface area contributed by atoms with E-state index in [1.807, 2.05) is 36.4 Å². The molecule has 1 aliphatic rings. The van der Waals surface area contributed by atoms with Gasteiger partial charge >= 0.3 is 0 Å². The molecule has 3 rings (SSSR count). The predicted molar refractivity (Wildman–Crippen MR) is 96.1 cm³/mol. The lowest BCUT2D eigenvalue weighted by atomic mass is 9.90. The zero-order valence-corrected chi connectivity index (χ0v) is 14.6. The fraction of sp³-hybridized carbons (Fsp3) is 0.333. The van der Waals surface area contributed by atoms with Crippen LogP contribution >= 0.6 is 11.8 Å². The molecule has 1 saturated heterocycles. The van der Waals surface area contributed by atoms with E-state index in [-0.39, 0.29) is 5.08 Å². The number of hydrogen-bond donors (Lipinski definition) is 0. The second kappa shape index (κ2) is 7.51. The minimum absolute atomic E-state index is 0.118. The molecular weight excluding hydrogens is 326 g/mol. The van der Waals surface area contributed by atoms with Crippen molar-refractivity contribution in [2.24, 2.45) is 0 Å². The molecule has 0 N–H and O–H groups in total. The number of rotatable bonds is 5. The van der Waals surface area contributed by atoms with E-state index in [0.29, 0.717) is 19.0 Å². The van der Waals surface area contributed by atoms with Gasteiger partial charge in [-0.3, -0.25) is 0 Å². The summed E-state index contributed by atoms with van der Waals surface area (Å²) in [4.78, 5) is 0.996. The standard InChI is InChI=1S/C18H21NO2S2/c20-23(21,15-22-18-9-5-2-6-10-18)19-13-11-17(12-14-19)16-7-3-1-4-8-16/h1-10,17H,11-15H2. The number of hydrogen-bond acceptors (Lipinski definition) is 3. The van der Waals surface area contributed by atoms with Crippen molar-refractivity contribution in [3.63, 3.8) is 0 Å². The summed E-state index contributed by atoms with van der Waals surface area (Å²) in [6, 6.07) is 20.1. The van der Waals surface area contributed by atoms with Crippen molar-refractivity contribution in [3.05, 3.63) is 66.2 Å². The van der Waals surface area contributed by atoms with E-state index < -0.39 is 10.0 Å². The molecule has 0 aliphatic carbocycles. The molecule has 1 aliphatic heterocycles. The molecule has 2 aromatic rings. The van der Waals surface area contributed by atoms with Crippen LogP contribution in [0, 0.1) is 0 Å². The van der Waals surface area contributed by atoms with E-state index in [1.165, 1.54) is 17.3 Å². The topological polar surface area (TPSA) is 37.4 Å². The molecule has 0 unspecified atom stereocenters. The molecule has 122 valence electrons. The van der Waals surface area contributed by atoms with Crippen molar-refractivity contribution in [2.75, 3.05) is 18.2 Å². The van der Waals surface area contributed by atoms with Crippen LogP contribution in [0.1, 0.15) is 24.3 Å². The van der Waals surface area contributed by atoms with Gasteiger partial charge in [0.05, 0.1) is 0 Å². The second-order valence-corrected chi connectivity index (χ2v) is 9.15. The summed E-state index contributed by atoms with van der Waals surface area (Å²) in [5.41, 5.74) is 1.32. The largest absolute Gasteiger partial charge is 0.223 e. The third-order valence-corrected chi connectivity index (χ3v) is 7.66. The molecule has 0 atom stereocenters. The summed E-state index contributed by atoms with van der Waals surface area (Å²) in [5, 5.41) is 0.118. The quantitative estimate of drug-likeness (QED) is 0.769. The van der Waals surface area contributed by atoms with Crippen LogP contribution in [0.3, 0.4) is 0 Å². The predicted octanol–water partition coefficient (Wildman–Crippen LogP) is 3.95. The van der Waals surface area contributed by atoms with Crippen LogP contribution in [0.2, 0.25) is 0 Å². The second-order valence-electron chi connectivity index (χ2n) is 5.77. The van der Waals surface area contributed by atoms with Crippen molar-refractivity contribution < 1.29 is 8.42 Å². The van der Waals surface area contributed by atoms with Crippen LogP contribution in [0.4, 0.5) is 0 Å². The third kappa shape index (κ3) is 4.37. The summed E-state index contributed by atoms with van der Waals surface area (Å²) < 4.78 is 26.7. The van der Waals surface area contributed by atoms with Crippen molar-refractivity contribution in [1.82, 2.24) is 4.31 Å². The molecule has 0 amide bonds. The molecule has 0 radical (unpaired) electrons. The lowest BCUT2D eigenvalue weighted by Gasteiger charge is -2.31. The zero-order valence-electron chi connectivity index (χ0n) is 13.0. The number of thioether (sulfide) groups is 1. The van der Waals surface area contributed by atoms with Gasteiger partial charge in [0.25, 0.3) is 0 Å². The fourth-order valence-electron chi connectivity index (χ4n) is 2.93. The van der Waals surface area contributed by atoms with Crippen LogP contribution in [0.15, 0.2) is 65.6 Å². The Balaban J connectivity index is 1.56. The van der Waals surface area contributed by atoms with E-state index in [4.69, 9.17) is 0 Å². The first-order valence-corrected chi connectivity index (χ1v) is 10.5. The molecule has 2 aromatic carbocycles. The van der Waals surface area contributed by atoms with Crippen molar-refractivity contribution in [1.29, 1.82) is 0 Å². The Morgan fingerprint density at radius 2 is 1.48 bits per heavy atom. The van der Waals surface area contributed by atoms with Gasteiger partial charge in [-0.05, 0) is 36.5 Å². The summed E-state index contributed by atoms with van der Waals surface area (Å²) in [6.07, 6.45) is 1.80. The summed E-state index contributed by atoms with van der Waals surface area (Å²) >= 11 is 1.39. The van der Waals surface area contributed by atoms with Crippen LogP contribution in [-0.2, 0) is 10.0 Å². The molecule has 1 heterocycles. The highest BCUT2D eigenvalue weighted by molar-refractivity contribution is 8.11. The lowest BCUT2D eigenvalue weighted by Crippen LogP contribution is -2.38. The SMILES string of the molecule is O=S(=O)(CSc1ccccc1)N1CCC(c2ccccc2)CC1. The highest BCUT2D eigenvalue weighted by Crippen LogP contribution is 2.30. The van der Waals surface area contributed by atoms with Gasteiger partial charge in [0.15, 0.2) is 0 Å². The Labute approximate surface area is 142 Å². The lowest BCUT2D eigenvalue weighted by molar-refractivity contribution is 0.321. The van der Waals surface area contributed by atoms with Gasteiger partial charge in [-0.15, -0.1) is 11.8 Å². The van der Waals surface area contributed by atoms with Crippen LogP contribution < -0.4 is 0 Å². The first kappa shape index (κ1) is 16.6. The zero-order chi connectivity index (χ0) is 16.1. The maximum absolute atomic E-state index is 12.5. The van der Waals surface area contributed by atoms with E-state index in [1.54, 1.807) is 4.31 Å². The number of nitrogens with zero attached hydrogens (tertiary/aromatic N) is 1. The Bertz CT molecular complexity index is 709. The maximum Gasteiger partial charge on any atom is 0.223 e. The molecule has 0 saturated carbocycles. The van der Waals surface area contributed by atoms with Gasteiger partial charge in [-0.1, -0.05) is 48.5 Å². The van der Waals surface area contributed by atoms with E-state index in [0.717, 1.165) is 17.7 Å². The number of piperidine rings is 1. The Morgan fingerprint density at radius 1 is 0.913 bits per heavy atom. The van der Waals surface area contributed by atoms with Gasteiger partial charge in [-0.25, -0.2) is 12.7 Å². The monoisotopic (exact) mass is 347 g/mol.